The van der Waals surface area contributed by atoms with Crippen molar-refractivity contribution < 1.29 is 0 Å². The molecule has 3 nitrogen and oxygen atoms in total. The van der Waals surface area contributed by atoms with Crippen molar-refractivity contribution in [1.29, 1.82) is 0 Å². The zero-order chi connectivity index (χ0) is 13.8. The molecular weight excluding hydrogens is 266 g/mol. The van der Waals surface area contributed by atoms with Gasteiger partial charge in [0.15, 0.2) is 5.13 Å². The van der Waals surface area contributed by atoms with E-state index < -0.39 is 0 Å². The molecule has 112 valence electrons. The highest BCUT2D eigenvalue weighted by Gasteiger charge is 2.35. The normalized spacial score (nSPS) is 23.1. The fourth-order valence-corrected chi connectivity index (χ4v) is 4.74. The van der Waals surface area contributed by atoms with Crippen LogP contribution in [-0.2, 0) is 6.54 Å². The largest absolute Gasteiger partial charge is 0.362 e. The Balaban J connectivity index is 1.50. The lowest BCUT2D eigenvalue weighted by atomic mass is 9.68. The van der Waals surface area contributed by atoms with E-state index in [1.54, 1.807) is 0 Å². The molecule has 4 heteroatoms. The van der Waals surface area contributed by atoms with Gasteiger partial charge in [-0.15, -0.1) is 11.3 Å². The number of aromatic nitrogens is 1. The summed E-state index contributed by atoms with van der Waals surface area (Å²) in [6, 6.07) is 0. The molecule has 0 atom stereocenters. The summed E-state index contributed by atoms with van der Waals surface area (Å²) < 4.78 is 0. The standard InChI is InChI=1S/C16H27N3S/c1-2-17-15-18-12-14(20-15)13-19-10-8-16(9-11-19)6-4-3-5-7-16/h12H,2-11,13H2,1H3,(H,17,18). The van der Waals surface area contributed by atoms with Gasteiger partial charge in [-0.2, -0.15) is 0 Å². The number of hydrogen-bond acceptors (Lipinski definition) is 4. The van der Waals surface area contributed by atoms with E-state index in [-0.39, 0.29) is 0 Å². The second-order valence-electron chi connectivity index (χ2n) is 6.50. The molecule has 1 aliphatic carbocycles. The molecule has 20 heavy (non-hydrogen) atoms. The van der Waals surface area contributed by atoms with Crippen molar-refractivity contribution in [3.05, 3.63) is 11.1 Å². The van der Waals surface area contributed by atoms with Crippen molar-refractivity contribution in [2.45, 2.75) is 58.4 Å². The van der Waals surface area contributed by atoms with Crippen molar-refractivity contribution in [1.82, 2.24) is 9.88 Å². The molecule has 2 fully saturated rings. The fourth-order valence-electron chi connectivity index (χ4n) is 3.82. The van der Waals surface area contributed by atoms with Gasteiger partial charge in [-0.05, 0) is 51.1 Å². The van der Waals surface area contributed by atoms with Gasteiger partial charge in [0.1, 0.15) is 0 Å². The first-order valence-corrected chi connectivity index (χ1v) is 9.02. The second kappa shape index (κ2) is 6.44. The summed E-state index contributed by atoms with van der Waals surface area (Å²) in [5.41, 5.74) is 0.720. The van der Waals surface area contributed by atoms with E-state index in [4.69, 9.17) is 0 Å². The summed E-state index contributed by atoms with van der Waals surface area (Å²) in [5.74, 6) is 0. The smallest absolute Gasteiger partial charge is 0.182 e. The molecule has 2 aliphatic rings. The third-order valence-electron chi connectivity index (χ3n) is 5.09. The van der Waals surface area contributed by atoms with E-state index in [1.165, 1.54) is 62.9 Å². The molecule has 0 radical (unpaired) electrons. The molecule has 1 N–H and O–H groups in total. The highest BCUT2D eigenvalue weighted by molar-refractivity contribution is 7.15. The van der Waals surface area contributed by atoms with E-state index in [9.17, 15) is 0 Å². The number of nitrogens with one attached hydrogen (secondary N) is 1. The van der Waals surface area contributed by atoms with Crippen LogP contribution in [0.4, 0.5) is 5.13 Å². The lowest BCUT2D eigenvalue weighted by Crippen LogP contribution is -2.40. The molecule has 0 bridgehead atoms. The Hall–Kier alpha value is -0.610. The first kappa shape index (κ1) is 14.3. The molecule has 0 aromatic carbocycles. The first-order chi connectivity index (χ1) is 9.80. The van der Waals surface area contributed by atoms with Crippen molar-refractivity contribution in [3.8, 4) is 0 Å². The molecule has 1 saturated carbocycles. The van der Waals surface area contributed by atoms with Gasteiger partial charge in [-0.25, -0.2) is 4.98 Å². The van der Waals surface area contributed by atoms with Gasteiger partial charge in [0.05, 0.1) is 0 Å². The Morgan fingerprint density at radius 3 is 2.65 bits per heavy atom. The van der Waals surface area contributed by atoms with E-state index in [0.717, 1.165) is 23.6 Å². The van der Waals surface area contributed by atoms with Crippen LogP contribution in [0.25, 0.3) is 0 Å². The molecular formula is C16H27N3S. The van der Waals surface area contributed by atoms with Crippen LogP contribution in [-0.4, -0.2) is 29.5 Å². The summed E-state index contributed by atoms with van der Waals surface area (Å²) in [6.45, 7) is 6.75. The number of rotatable bonds is 4. The summed E-state index contributed by atoms with van der Waals surface area (Å²) >= 11 is 1.81. The summed E-state index contributed by atoms with van der Waals surface area (Å²) in [6.07, 6.45) is 12.3. The van der Waals surface area contributed by atoms with Crippen LogP contribution >= 0.6 is 11.3 Å². The number of likely N-dealkylation sites (tertiary alicyclic amines) is 1. The molecule has 1 aliphatic heterocycles. The maximum atomic E-state index is 4.44. The number of hydrogen-bond donors (Lipinski definition) is 1. The predicted octanol–water partition coefficient (Wildman–Crippen LogP) is 4.12. The monoisotopic (exact) mass is 293 g/mol. The second-order valence-corrected chi connectivity index (χ2v) is 7.61. The Morgan fingerprint density at radius 1 is 1.20 bits per heavy atom. The Bertz CT molecular complexity index is 413. The van der Waals surface area contributed by atoms with Crippen LogP contribution in [0.1, 0.15) is 56.7 Å². The Labute approximate surface area is 126 Å². The van der Waals surface area contributed by atoms with Crippen LogP contribution in [0.2, 0.25) is 0 Å². The summed E-state index contributed by atoms with van der Waals surface area (Å²) in [7, 11) is 0. The zero-order valence-corrected chi connectivity index (χ0v) is 13.5. The van der Waals surface area contributed by atoms with Crippen molar-refractivity contribution in [2.24, 2.45) is 5.41 Å². The minimum atomic E-state index is 0.720. The molecule has 1 spiro atoms. The number of anilines is 1. The van der Waals surface area contributed by atoms with Gasteiger partial charge in [0, 0.05) is 24.2 Å². The average Bonchev–Trinajstić information content (AvgIpc) is 2.91. The van der Waals surface area contributed by atoms with Crippen molar-refractivity contribution in [2.75, 3.05) is 25.0 Å². The maximum absolute atomic E-state index is 4.44. The number of thiazole rings is 1. The van der Waals surface area contributed by atoms with Gasteiger partial charge in [-0.3, -0.25) is 4.90 Å². The Kier molecular flexibility index (Phi) is 4.61. The zero-order valence-electron chi connectivity index (χ0n) is 12.7. The number of nitrogens with zero attached hydrogens (tertiary/aromatic N) is 2. The highest BCUT2D eigenvalue weighted by atomic mass is 32.1. The van der Waals surface area contributed by atoms with E-state index in [2.05, 4.69) is 22.1 Å². The summed E-state index contributed by atoms with van der Waals surface area (Å²) in [4.78, 5) is 8.47. The molecule has 1 aromatic rings. The van der Waals surface area contributed by atoms with Crippen LogP contribution in [0.5, 0.6) is 0 Å². The van der Waals surface area contributed by atoms with Crippen LogP contribution in [0.15, 0.2) is 6.20 Å². The quantitative estimate of drug-likeness (QED) is 0.905. The third-order valence-corrected chi connectivity index (χ3v) is 6.03. The maximum Gasteiger partial charge on any atom is 0.182 e. The SMILES string of the molecule is CCNc1ncc(CN2CCC3(CCCCC3)CC2)s1. The van der Waals surface area contributed by atoms with Gasteiger partial charge in [0.25, 0.3) is 0 Å². The highest BCUT2D eigenvalue weighted by Crippen LogP contribution is 2.44. The lowest BCUT2D eigenvalue weighted by Gasteiger charge is -2.44. The average molecular weight is 293 g/mol. The van der Waals surface area contributed by atoms with E-state index in [1.807, 2.05) is 17.5 Å². The van der Waals surface area contributed by atoms with Gasteiger partial charge < -0.3 is 5.32 Å². The fraction of sp³-hybridized carbons (Fsp3) is 0.812. The predicted molar refractivity (Wildman–Crippen MR) is 86.3 cm³/mol. The van der Waals surface area contributed by atoms with Crippen molar-refractivity contribution in [3.63, 3.8) is 0 Å². The van der Waals surface area contributed by atoms with Gasteiger partial charge >= 0.3 is 0 Å². The molecule has 3 rings (SSSR count). The topological polar surface area (TPSA) is 28.2 Å². The van der Waals surface area contributed by atoms with Crippen LogP contribution in [0.3, 0.4) is 0 Å². The van der Waals surface area contributed by atoms with Gasteiger partial charge in [-0.1, -0.05) is 19.3 Å². The minimum Gasteiger partial charge on any atom is -0.362 e. The number of piperidine rings is 1. The Morgan fingerprint density at radius 2 is 1.95 bits per heavy atom. The van der Waals surface area contributed by atoms with E-state index in [0.29, 0.717) is 0 Å². The van der Waals surface area contributed by atoms with Crippen LogP contribution < -0.4 is 5.32 Å². The van der Waals surface area contributed by atoms with Gasteiger partial charge in [0.2, 0.25) is 0 Å². The van der Waals surface area contributed by atoms with Crippen molar-refractivity contribution >= 4 is 16.5 Å². The molecule has 0 unspecified atom stereocenters. The third kappa shape index (κ3) is 3.34. The molecule has 2 heterocycles. The summed E-state index contributed by atoms with van der Waals surface area (Å²) in [5, 5.41) is 4.37. The van der Waals surface area contributed by atoms with E-state index >= 15 is 0 Å². The molecule has 1 saturated heterocycles. The van der Waals surface area contributed by atoms with Crippen LogP contribution in [0, 0.1) is 5.41 Å². The lowest BCUT2D eigenvalue weighted by molar-refractivity contribution is 0.0646. The molecule has 0 amide bonds. The first-order valence-electron chi connectivity index (χ1n) is 8.21. The minimum absolute atomic E-state index is 0.720. The molecule has 1 aromatic heterocycles.